The number of amides is 1. The third-order valence-corrected chi connectivity index (χ3v) is 3.99. The lowest BCUT2D eigenvalue weighted by atomic mass is 10.1. The van der Waals surface area contributed by atoms with E-state index in [2.05, 4.69) is 4.98 Å². The van der Waals surface area contributed by atoms with Crippen molar-refractivity contribution in [3.05, 3.63) is 34.9 Å². The smallest absolute Gasteiger partial charge is 0.265 e. The summed E-state index contributed by atoms with van der Waals surface area (Å²) in [5, 5.41) is 0.488. The van der Waals surface area contributed by atoms with Crippen molar-refractivity contribution in [2.75, 3.05) is 20.7 Å². The number of hydrogen-bond donors (Lipinski definition) is 0. The summed E-state index contributed by atoms with van der Waals surface area (Å²) in [6.07, 6.45) is 2.68. The van der Waals surface area contributed by atoms with Crippen molar-refractivity contribution in [2.45, 2.75) is 18.9 Å². The Morgan fingerprint density at radius 1 is 1.33 bits per heavy atom. The van der Waals surface area contributed by atoms with Crippen LogP contribution in [0.3, 0.4) is 0 Å². The second kappa shape index (κ2) is 5.20. The Morgan fingerprint density at radius 2 is 2.14 bits per heavy atom. The van der Waals surface area contributed by atoms with Crippen LogP contribution < -0.4 is 10.3 Å². The van der Waals surface area contributed by atoms with Crippen LogP contribution in [0.2, 0.25) is 0 Å². The molecule has 1 aromatic carbocycles. The van der Waals surface area contributed by atoms with Crippen LogP contribution in [0.15, 0.2) is 29.3 Å². The molecule has 0 bridgehead atoms. The van der Waals surface area contributed by atoms with Crippen molar-refractivity contribution in [2.24, 2.45) is 0 Å². The Bertz CT molecular complexity index is 753. The minimum absolute atomic E-state index is 0.0398. The first-order valence-electron chi connectivity index (χ1n) is 6.89. The number of fused-ring (bicyclic) bond motifs is 1. The molecular formula is C15H17N3O3. The Balaban J connectivity index is 2.10. The van der Waals surface area contributed by atoms with Gasteiger partial charge in [0, 0.05) is 20.0 Å². The van der Waals surface area contributed by atoms with Gasteiger partial charge in [0.05, 0.1) is 25.0 Å². The van der Waals surface area contributed by atoms with Gasteiger partial charge in [-0.2, -0.15) is 0 Å². The van der Waals surface area contributed by atoms with Crippen molar-refractivity contribution >= 4 is 16.8 Å². The summed E-state index contributed by atoms with van der Waals surface area (Å²) in [6, 6.07) is 5.32. The van der Waals surface area contributed by atoms with E-state index in [4.69, 9.17) is 4.74 Å². The maximum Gasteiger partial charge on any atom is 0.265 e. The van der Waals surface area contributed by atoms with Crippen LogP contribution in [-0.2, 0) is 4.79 Å². The minimum atomic E-state index is -0.120. The summed E-state index contributed by atoms with van der Waals surface area (Å²) in [4.78, 5) is 30.3. The van der Waals surface area contributed by atoms with Gasteiger partial charge in [-0.05, 0) is 18.6 Å². The molecular weight excluding hydrogens is 270 g/mol. The number of likely N-dealkylation sites (tertiary alicyclic amines) is 1. The van der Waals surface area contributed by atoms with Crippen molar-refractivity contribution < 1.29 is 9.53 Å². The largest absolute Gasteiger partial charge is 0.496 e. The standard InChI is InChI=1S/C15H17N3O3/c1-17-8-10(6-7-13(17)19)18-9-16-11-4-3-5-12(21-2)14(11)15(18)20/h3-5,9-10H,6-8H2,1-2H3/t10-/m0/s1. The maximum atomic E-state index is 12.7. The first-order chi connectivity index (χ1) is 10.1. The van der Waals surface area contributed by atoms with Gasteiger partial charge in [-0.1, -0.05) is 6.07 Å². The van der Waals surface area contributed by atoms with Crippen molar-refractivity contribution in [1.82, 2.24) is 14.5 Å². The van der Waals surface area contributed by atoms with Crippen LogP contribution in [0.1, 0.15) is 18.9 Å². The summed E-state index contributed by atoms with van der Waals surface area (Å²) >= 11 is 0. The van der Waals surface area contributed by atoms with E-state index in [1.165, 1.54) is 0 Å². The molecule has 0 N–H and O–H groups in total. The number of carbonyl (C=O) groups excluding carboxylic acids is 1. The molecule has 0 unspecified atom stereocenters. The minimum Gasteiger partial charge on any atom is -0.496 e. The Hall–Kier alpha value is -2.37. The lowest BCUT2D eigenvalue weighted by Crippen LogP contribution is -2.40. The first kappa shape index (κ1) is 13.6. The summed E-state index contributed by atoms with van der Waals surface area (Å²) in [6.45, 7) is 0.529. The third-order valence-electron chi connectivity index (χ3n) is 3.99. The molecule has 2 heterocycles. The lowest BCUT2D eigenvalue weighted by molar-refractivity contribution is -0.132. The predicted octanol–water partition coefficient (Wildman–Crippen LogP) is 1.20. The predicted molar refractivity (Wildman–Crippen MR) is 78.5 cm³/mol. The Morgan fingerprint density at radius 3 is 2.86 bits per heavy atom. The van der Waals surface area contributed by atoms with E-state index < -0.39 is 0 Å². The maximum absolute atomic E-state index is 12.7. The fraction of sp³-hybridized carbons (Fsp3) is 0.400. The number of aromatic nitrogens is 2. The van der Waals surface area contributed by atoms with Gasteiger partial charge in [0.15, 0.2) is 0 Å². The van der Waals surface area contributed by atoms with Crippen LogP contribution >= 0.6 is 0 Å². The number of carbonyl (C=O) groups is 1. The highest BCUT2D eigenvalue weighted by atomic mass is 16.5. The number of hydrogen-bond acceptors (Lipinski definition) is 4. The van der Waals surface area contributed by atoms with Crippen molar-refractivity contribution in [3.63, 3.8) is 0 Å². The van der Waals surface area contributed by atoms with Gasteiger partial charge in [-0.15, -0.1) is 0 Å². The molecule has 6 nitrogen and oxygen atoms in total. The molecule has 2 aromatic rings. The topological polar surface area (TPSA) is 64.4 Å². The van der Waals surface area contributed by atoms with Crippen LogP contribution in [0, 0.1) is 0 Å². The highest BCUT2D eigenvalue weighted by molar-refractivity contribution is 5.84. The molecule has 1 saturated heterocycles. The van der Waals surface area contributed by atoms with Crippen LogP contribution in [0.5, 0.6) is 5.75 Å². The normalized spacial score (nSPS) is 19.0. The van der Waals surface area contributed by atoms with Crippen molar-refractivity contribution in [1.29, 1.82) is 0 Å². The number of benzene rings is 1. The lowest BCUT2D eigenvalue weighted by Gasteiger charge is -2.30. The second-order valence-electron chi connectivity index (χ2n) is 5.28. The molecule has 0 radical (unpaired) electrons. The zero-order chi connectivity index (χ0) is 15.0. The number of ether oxygens (including phenoxy) is 1. The Kier molecular flexibility index (Phi) is 3.37. The van der Waals surface area contributed by atoms with E-state index in [9.17, 15) is 9.59 Å². The average Bonchev–Trinajstić information content (AvgIpc) is 2.50. The molecule has 3 rings (SSSR count). The number of nitrogens with zero attached hydrogens (tertiary/aromatic N) is 3. The van der Waals surface area contributed by atoms with E-state index in [1.807, 2.05) is 6.07 Å². The van der Waals surface area contributed by atoms with Crippen LogP contribution in [-0.4, -0.2) is 41.1 Å². The molecule has 0 spiro atoms. The molecule has 1 fully saturated rings. The van der Waals surface area contributed by atoms with Gasteiger partial charge >= 0.3 is 0 Å². The van der Waals surface area contributed by atoms with E-state index in [1.54, 1.807) is 42.1 Å². The molecule has 1 atom stereocenters. The van der Waals surface area contributed by atoms with Crippen molar-refractivity contribution in [3.8, 4) is 5.75 Å². The second-order valence-corrected chi connectivity index (χ2v) is 5.28. The molecule has 0 saturated carbocycles. The zero-order valence-electron chi connectivity index (χ0n) is 12.1. The first-order valence-corrected chi connectivity index (χ1v) is 6.89. The third kappa shape index (κ3) is 2.26. The highest BCUT2D eigenvalue weighted by Gasteiger charge is 2.25. The van der Waals surface area contributed by atoms with Gasteiger partial charge in [0.25, 0.3) is 5.56 Å². The van der Waals surface area contributed by atoms with E-state index >= 15 is 0 Å². The zero-order valence-corrected chi connectivity index (χ0v) is 12.1. The fourth-order valence-corrected chi connectivity index (χ4v) is 2.80. The SMILES string of the molecule is COc1cccc2ncn([C@H]3CCC(=O)N(C)C3)c(=O)c12. The van der Waals surface area contributed by atoms with E-state index in [-0.39, 0.29) is 17.5 Å². The number of methoxy groups -OCH3 is 1. The summed E-state index contributed by atoms with van der Waals surface area (Å²) < 4.78 is 6.89. The van der Waals surface area contributed by atoms with Crippen LogP contribution in [0.4, 0.5) is 0 Å². The molecule has 21 heavy (non-hydrogen) atoms. The molecule has 0 aliphatic carbocycles. The molecule has 6 heteroatoms. The Labute approximate surface area is 122 Å². The quantitative estimate of drug-likeness (QED) is 0.832. The summed E-state index contributed by atoms with van der Waals surface area (Å²) in [5.41, 5.74) is 0.501. The summed E-state index contributed by atoms with van der Waals surface area (Å²) in [5.74, 6) is 0.644. The molecule has 110 valence electrons. The van der Waals surface area contributed by atoms with Gasteiger partial charge in [0.2, 0.25) is 5.91 Å². The van der Waals surface area contributed by atoms with Crippen LogP contribution in [0.25, 0.3) is 10.9 Å². The number of piperidine rings is 1. The van der Waals surface area contributed by atoms with Gasteiger partial charge < -0.3 is 9.64 Å². The number of likely N-dealkylation sites (N-methyl/N-ethyl adjacent to an activating group) is 1. The van der Waals surface area contributed by atoms with E-state index in [0.717, 1.165) is 0 Å². The average molecular weight is 287 g/mol. The number of rotatable bonds is 2. The molecule has 1 aliphatic rings. The molecule has 1 amide bonds. The molecule has 1 aliphatic heterocycles. The van der Waals surface area contributed by atoms with Gasteiger partial charge in [-0.3, -0.25) is 14.2 Å². The monoisotopic (exact) mass is 287 g/mol. The fourth-order valence-electron chi connectivity index (χ4n) is 2.80. The van der Waals surface area contributed by atoms with E-state index in [0.29, 0.717) is 36.0 Å². The highest BCUT2D eigenvalue weighted by Crippen LogP contribution is 2.23. The van der Waals surface area contributed by atoms with Gasteiger partial charge in [-0.25, -0.2) is 4.98 Å². The summed E-state index contributed by atoms with van der Waals surface area (Å²) in [7, 11) is 3.30. The molecule has 1 aromatic heterocycles. The van der Waals surface area contributed by atoms with Gasteiger partial charge in [0.1, 0.15) is 11.1 Å².